The summed E-state index contributed by atoms with van der Waals surface area (Å²) >= 11 is 1.45. The zero-order valence-electron chi connectivity index (χ0n) is 54.5. The number of likely N-dealkylation sites (tertiary alicyclic amines) is 2. The molecule has 0 bridgehead atoms. The van der Waals surface area contributed by atoms with Crippen LogP contribution in [0.1, 0.15) is 121 Å². The van der Waals surface area contributed by atoms with Crippen molar-refractivity contribution in [1.29, 1.82) is 0 Å². The Hall–Kier alpha value is -8.91. The van der Waals surface area contributed by atoms with Gasteiger partial charge in [-0.05, 0) is 119 Å². The second-order valence-corrected chi connectivity index (χ2v) is 25.1. The van der Waals surface area contributed by atoms with Gasteiger partial charge in [0.1, 0.15) is 54.4 Å². The highest BCUT2D eigenvalue weighted by Crippen LogP contribution is 2.24. The summed E-state index contributed by atoms with van der Waals surface area (Å²) in [5.41, 5.74) is 40.6. The summed E-state index contributed by atoms with van der Waals surface area (Å²) < 4.78 is 0. The summed E-state index contributed by atoms with van der Waals surface area (Å²) in [7, 11) is 0. The first-order valence-electron chi connectivity index (χ1n) is 32.2. The lowest BCUT2D eigenvalue weighted by molar-refractivity contribution is -0.144. The van der Waals surface area contributed by atoms with Crippen LogP contribution in [0.4, 0.5) is 0 Å². The summed E-state index contributed by atoms with van der Waals surface area (Å²) in [5.74, 6) is -9.80. The normalized spacial score (nSPS) is 16.8. The number of hydrogen-bond acceptors (Lipinski definition) is 17. The molecule has 2 aromatic carbocycles. The van der Waals surface area contributed by atoms with Gasteiger partial charge in [-0.2, -0.15) is 11.8 Å². The average Bonchev–Trinajstić information content (AvgIpc) is 1.74. The van der Waals surface area contributed by atoms with Crippen molar-refractivity contribution in [3.05, 3.63) is 71.8 Å². The molecule has 2 heterocycles. The molecule has 4 rings (SSSR count). The van der Waals surface area contributed by atoms with Crippen LogP contribution < -0.4 is 82.7 Å². The topological polar surface area (TPSA) is 519 Å². The third-order valence-corrected chi connectivity index (χ3v) is 16.7. The average molecular weight is 1350 g/mol. The van der Waals surface area contributed by atoms with Gasteiger partial charge in [-0.1, -0.05) is 74.5 Å². The molecule has 2 aliphatic rings. The van der Waals surface area contributed by atoms with Crippen molar-refractivity contribution in [1.82, 2.24) is 52.3 Å². The predicted molar refractivity (Wildman–Crippen MR) is 356 cm³/mol. The Kier molecular flexibility index (Phi) is 33.9. The minimum absolute atomic E-state index is 0.0736. The van der Waals surface area contributed by atoms with Gasteiger partial charge in [0.2, 0.25) is 76.8 Å². The molecule has 22 N–H and O–H groups in total. The molecule has 0 aromatic heterocycles. The highest BCUT2D eigenvalue weighted by Gasteiger charge is 2.42. The summed E-state index contributed by atoms with van der Waals surface area (Å²) in [6, 6.07) is 4.51. The van der Waals surface area contributed by atoms with E-state index in [4.69, 9.17) is 40.1 Å². The Balaban J connectivity index is 1.56. The van der Waals surface area contributed by atoms with Gasteiger partial charge in [-0.3, -0.25) is 67.3 Å². The zero-order chi connectivity index (χ0) is 70.1. The van der Waals surface area contributed by atoms with Crippen molar-refractivity contribution in [3.63, 3.8) is 0 Å². The SMILES string of the molecule is CSCC[C@H](NC(=O)[C@@H](CC(C)C)NC(=O)CNC(=O)[C@H](Cc1ccccc1)NC(=O)[C@@H](Cc1ccccc1)NC(=O)[C@H](CCC(N)=O)NC(=O)[C@@H](CCC(N)=O)NC(=O)[C@@H]1CCCN1C(=O)[C@H](CCCCN)NC(=O)[C@H]1CCCN1C(=O)[C@@H](N)CCCN=C(N)N)C(N)=O. The number of unbranched alkanes of at least 4 members (excludes halogenated alkanes) is 1. The van der Waals surface area contributed by atoms with E-state index in [1.54, 1.807) is 60.7 Å². The standard InChI is InChI=1S/C63H98N18O13S/c1-37(2)33-45(57(89)74-41(53(68)85)27-32-95-3)73-52(84)36-72-54(86)46(34-38-15-6-4-7-16-38)78-58(90)47(35-39-17-8-5-9-18-39)79-56(88)42(23-25-50(66)82)75-55(87)43(24-26-51(67)83)76-59(91)49-22-14-31-81(49)62(94)44(20-10-11-28-64)77-60(92)48-21-13-30-80(48)61(93)40(65)19-12-29-71-63(69)70/h4-9,15-18,37,40-49H,10-14,19-36,64-65H2,1-3H3,(H2,66,82)(H2,67,83)(H2,68,85)(H,72,86)(H,73,84)(H,74,89)(H,75,87)(H,76,91)(H,77,92)(H,78,90)(H,79,88)(H4,69,70,71)/t40-,41-,42-,43+,44-,45+,46-,47+,48+,49-/m0/s1. The first-order chi connectivity index (χ1) is 45.2. The number of thioether (sulfide) groups is 1. The fraction of sp³-hybridized carbons (Fsp3) is 0.587. The molecule has 32 heteroatoms. The van der Waals surface area contributed by atoms with Crippen LogP contribution in [0.3, 0.4) is 0 Å². The van der Waals surface area contributed by atoms with Crippen molar-refractivity contribution in [2.24, 2.45) is 51.0 Å². The third kappa shape index (κ3) is 27.5. The number of benzene rings is 2. The van der Waals surface area contributed by atoms with E-state index in [0.717, 1.165) is 0 Å². The van der Waals surface area contributed by atoms with Gasteiger partial charge in [-0.15, -0.1) is 0 Å². The van der Waals surface area contributed by atoms with Crippen LogP contribution in [-0.4, -0.2) is 198 Å². The summed E-state index contributed by atoms with van der Waals surface area (Å²) in [4.78, 5) is 185. The molecule has 0 radical (unpaired) electrons. The van der Waals surface area contributed by atoms with Gasteiger partial charge >= 0.3 is 0 Å². The molecule has 0 aliphatic carbocycles. The minimum atomic E-state index is -1.64. The molecule has 10 atom stereocenters. The summed E-state index contributed by atoms with van der Waals surface area (Å²) in [6.07, 6.45) is 3.12. The second-order valence-electron chi connectivity index (χ2n) is 24.1. The number of guanidine groups is 1. The maximum absolute atomic E-state index is 14.7. The maximum atomic E-state index is 14.7. The Morgan fingerprint density at radius 3 is 1.51 bits per heavy atom. The molecule has 2 fully saturated rings. The lowest BCUT2D eigenvalue weighted by Crippen LogP contribution is -2.60. The van der Waals surface area contributed by atoms with Gasteiger partial charge in [0, 0.05) is 45.3 Å². The number of primary amides is 3. The van der Waals surface area contributed by atoms with E-state index < -0.39 is 169 Å². The summed E-state index contributed by atoms with van der Waals surface area (Å²) in [6.45, 7) is 3.86. The highest BCUT2D eigenvalue weighted by molar-refractivity contribution is 7.98. The quantitative estimate of drug-likeness (QED) is 0.0173. The van der Waals surface area contributed by atoms with Crippen molar-refractivity contribution < 1.29 is 62.3 Å². The van der Waals surface area contributed by atoms with E-state index in [1.807, 2.05) is 20.1 Å². The molecular weight excluding hydrogens is 1250 g/mol. The lowest BCUT2D eigenvalue weighted by atomic mass is 10.0. The largest absolute Gasteiger partial charge is 0.370 e. The molecule has 31 nitrogen and oxygen atoms in total. The van der Waals surface area contributed by atoms with Crippen LogP contribution in [0.2, 0.25) is 0 Å². The first kappa shape index (κ1) is 78.5. The lowest BCUT2D eigenvalue weighted by Gasteiger charge is -2.32. The van der Waals surface area contributed by atoms with Gasteiger partial charge < -0.3 is 92.5 Å². The maximum Gasteiger partial charge on any atom is 0.245 e. The van der Waals surface area contributed by atoms with Crippen molar-refractivity contribution >= 4 is 94.5 Å². The number of nitrogens with zero attached hydrogens (tertiary/aromatic N) is 3. The number of carbonyl (C=O) groups excluding carboxylic acids is 13. The van der Waals surface area contributed by atoms with Gasteiger partial charge in [0.25, 0.3) is 0 Å². The Morgan fingerprint density at radius 2 is 1.01 bits per heavy atom. The second kappa shape index (κ2) is 41.0. The van der Waals surface area contributed by atoms with Gasteiger partial charge in [0.15, 0.2) is 5.96 Å². The highest BCUT2D eigenvalue weighted by atomic mass is 32.2. The van der Waals surface area contributed by atoms with Crippen LogP contribution >= 0.6 is 11.8 Å². The van der Waals surface area contributed by atoms with Crippen molar-refractivity contribution in [2.45, 2.75) is 183 Å². The fourth-order valence-corrected chi connectivity index (χ4v) is 11.5. The molecule has 524 valence electrons. The zero-order valence-corrected chi connectivity index (χ0v) is 55.3. The molecule has 0 unspecified atom stereocenters. The van der Waals surface area contributed by atoms with E-state index in [0.29, 0.717) is 55.4 Å². The first-order valence-corrected chi connectivity index (χ1v) is 33.6. The molecule has 95 heavy (non-hydrogen) atoms. The minimum Gasteiger partial charge on any atom is -0.370 e. The molecule has 13 amide bonds. The number of nitrogens with two attached hydrogens (primary N) is 7. The van der Waals surface area contributed by atoms with Gasteiger partial charge in [0.05, 0.1) is 12.6 Å². The number of carbonyl (C=O) groups is 13. The number of nitrogens with one attached hydrogen (secondary N) is 8. The Labute approximate surface area is 558 Å². The molecule has 0 saturated carbocycles. The Morgan fingerprint density at radius 1 is 0.537 bits per heavy atom. The fourth-order valence-electron chi connectivity index (χ4n) is 11.0. The number of amides is 13. The summed E-state index contributed by atoms with van der Waals surface area (Å²) in [5, 5.41) is 21.1. The van der Waals surface area contributed by atoms with Crippen LogP contribution in [0.25, 0.3) is 0 Å². The monoisotopic (exact) mass is 1350 g/mol. The van der Waals surface area contributed by atoms with Crippen LogP contribution in [0.5, 0.6) is 0 Å². The number of hydrogen-bond donors (Lipinski definition) is 15. The van der Waals surface area contributed by atoms with E-state index >= 15 is 0 Å². The Bertz CT molecular complexity index is 2960. The molecular formula is C63H98N18O13S. The number of aliphatic imine (C=N–C) groups is 1. The van der Waals surface area contributed by atoms with Crippen LogP contribution in [0, 0.1) is 5.92 Å². The van der Waals surface area contributed by atoms with Gasteiger partial charge in [-0.25, -0.2) is 0 Å². The van der Waals surface area contributed by atoms with Crippen LogP contribution in [-0.2, 0) is 75.2 Å². The molecule has 2 aromatic rings. The van der Waals surface area contributed by atoms with E-state index in [2.05, 4.69) is 47.5 Å². The van der Waals surface area contributed by atoms with Crippen molar-refractivity contribution in [2.75, 3.05) is 44.7 Å². The van der Waals surface area contributed by atoms with Crippen LogP contribution in [0.15, 0.2) is 65.7 Å². The predicted octanol–water partition coefficient (Wildman–Crippen LogP) is -3.71. The molecule has 2 saturated heterocycles. The third-order valence-electron chi connectivity index (χ3n) is 16.0. The molecule has 0 spiro atoms. The smallest absolute Gasteiger partial charge is 0.245 e. The molecule has 2 aliphatic heterocycles. The van der Waals surface area contributed by atoms with E-state index in [9.17, 15) is 62.3 Å². The van der Waals surface area contributed by atoms with E-state index in [1.165, 1.54) is 21.6 Å². The van der Waals surface area contributed by atoms with E-state index in [-0.39, 0.29) is 83.0 Å². The van der Waals surface area contributed by atoms with Crippen molar-refractivity contribution in [3.8, 4) is 0 Å². The number of rotatable bonds is 42.